The Morgan fingerprint density at radius 3 is 2.62 bits per heavy atom. The Balaban J connectivity index is 2.86. The van der Waals surface area contributed by atoms with E-state index in [-0.39, 0.29) is 0 Å². The minimum Gasteiger partial charge on any atom is -0.260 e. The molecule has 0 saturated carbocycles. The summed E-state index contributed by atoms with van der Waals surface area (Å²) >= 11 is 4.48. The molecule has 50 valence electrons. The van der Waals surface area contributed by atoms with Gasteiger partial charge in [0.05, 0.1) is 0 Å². The van der Waals surface area contributed by atoms with Crippen LogP contribution in [0.25, 0.3) is 0 Å². The van der Waals surface area contributed by atoms with Crippen molar-refractivity contribution in [1.29, 1.82) is 0 Å². The Morgan fingerprint density at radius 2 is 2.25 bits per heavy atom. The first-order valence-corrected chi connectivity index (χ1v) is 4.59. The smallest absolute Gasteiger partial charge is 0.0214 e. The molecule has 0 aromatic rings. The van der Waals surface area contributed by atoms with Crippen LogP contribution in [0.5, 0.6) is 0 Å². The van der Waals surface area contributed by atoms with Gasteiger partial charge in [0.1, 0.15) is 0 Å². The molecule has 0 amide bonds. The van der Waals surface area contributed by atoms with Crippen LogP contribution in [0.15, 0.2) is 0 Å². The average Bonchev–Trinajstić information content (AvgIpc) is 1.83. The topological polar surface area (TPSA) is 15.3 Å². The van der Waals surface area contributed by atoms with Crippen molar-refractivity contribution in [3.63, 3.8) is 0 Å². The first-order valence-electron chi connectivity index (χ1n) is 2.55. The van der Waals surface area contributed by atoms with E-state index in [1.54, 1.807) is 0 Å². The lowest BCUT2D eigenvalue weighted by Gasteiger charge is -2.08. The van der Waals surface area contributed by atoms with Crippen molar-refractivity contribution in [3.05, 3.63) is 0 Å². The lowest BCUT2D eigenvalue weighted by molar-refractivity contribution is 0.543. The molecule has 0 bridgehead atoms. The van der Waals surface area contributed by atoms with Crippen LogP contribution in [0, 0.1) is 0 Å². The van der Waals surface area contributed by atoms with Crippen molar-refractivity contribution in [3.8, 4) is 0 Å². The van der Waals surface area contributed by atoms with Gasteiger partial charge in [0.2, 0.25) is 0 Å². The summed E-state index contributed by atoms with van der Waals surface area (Å²) in [5.41, 5.74) is 0. The number of hydrogen-bond donors (Lipinski definition) is 1. The number of rotatable bonds is 4. The highest BCUT2D eigenvalue weighted by molar-refractivity contribution is 14.1. The van der Waals surface area contributed by atoms with E-state index in [1.165, 1.54) is 0 Å². The summed E-state index contributed by atoms with van der Waals surface area (Å²) in [7, 11) is 0. The standard InChI is InChI=1S/C4H10I2N2/c1-2-8(6)4-3-7-5/h7H,2-4H2,1H3. The first-order chi connectivity index (χ1) is 3.81. The van der Waals surface area contributed by atoms with Gasteiger partial charge < -0.3 is 0 Å². The van der Waals surface area contributed by atoms with Gasteiger partial charge in [-0.15, -0.1) is 0 Å². The van der Waals surface area contributed by atoms with Gasteiger partial charge in [-0.25, -0.2) is 3.11 Å². The lowest BCUT2D eigenvalue weighted by atomic mass is 10.6. The van der Waals surface area contributed by atoms with E-state index in [1.807, 2.05) is 0 Å². The number of hydrogen-bond acceptors (Lipinski definition) is 2. The molecular weight excluding hydrogens is 330 g/mol. The Hall–Kier alpha value is 1.38. The van der Waals surface area contributed by atoms with Crippen LogP contribution in [0.3, 0.4) is 0 Å². The highest BCUT2D eigenvalue weighted by Gasteiger charge is 1.91. The van der Waals surface area contributed by atoms with Crippen LogP contribution in [-0.2, 0) is 0 Å². The lowest BCUT2D eigenvalue weighted by Crippen LogP contribution is -2.19. The van der Waals surface area contributed by atoms with Crippen molar-refractivity contribution < 1.29 is 0 Å². The Labute approximate surface area is 78.4 Å². The molecule has 0 aliphatic rings. The van der Waals surface area contributed by atoms with E-state index < -0.39 is 0 Å². The minimum atomic E-state index is 1.07. The van der Waals surface area contributed by atoms with E-state index in [9.17, 15) is 0 Å². The molecule has 0 aliphatic heterocycles. The van der Waals surface area contributed by atoms with Gasteiger partial charge >= 0.3 is 0 Å². The monoisotopic (exact) mass is 340 g/mol. The average molecular weight is 340 g/mol. The van der Waals surface area contributed by atoms with Gasteiger partial charge in [-0.05, 0) is 0 Å². The van der Waals surface area contributed by atoms with E-state index in [0.29, 0.717) is 0 Å². The Kier molecular flexibility index (Phi) is 7.62. The molecule has 0 heterocycles. The fraction of sp³-hybridized carbons (Fsp3) is 1.00. The van der Waals surface area contributed by atoms with Crippen molar-refractivity contribution in [1.82, 2.24) is 6.64 Å². The predicted molar refractivity (Wildman–Crippen MR) is 53.3 cm³/mol. The summed E-state index contributed by atoms with van der Waals surface area (Å²) in [6.07, 6.45) is 0. The number of nitrogens with zero attached hydrogens (tertiary/aromatic N) is 1. The van der Waals surface area contributed by atoms with Gasteiger partial charge in [0.15, 0.2) is 0 Å². The van der Waals surface area contributed by atoms with Crippen LogP contribution < -0.4 is 3.53 Å². The molecule has 8 heavy (non-hydrogen) atoms. The van der Waals surface area contributed by atoms with Crippen molar-refractivity contribution >= 4 is 45.7 Å². The van der Waals surface area contributed by atoms with Gasteiger partial charge in [0, 0.05) is 65.4 Å². The summed E-state index contributed by atoms with van der Waals surface area (Å²) in [4.78, 5) is 0. The number of halogens is 2. The van der Waals surface area contributed by atoms with Crippen LogP contribution in [0.4, 0.5) is 0 Å². The molecule has 0 fully saturated rings. The Bertz CT molecular complexity index is 51.3. The molecular formula is C4H10I2N2. The van der Waals surface area contributed by atoms with E-state index in [0.717, 1.165) is 19.6 Å². The largest absolute Gasteiger partial charge is 0.260 e. The second-order valence-electron chi connectivity index (χ2n) is 1.39. The third-order valence-electron chi connectivity index (χ3n) is 0.792. The maximum Gasteiger partial charge on any atom is 0.0214 e. The second kappa shape index (κ2) is 6.50. The SMILES string of the molecule is CCN(I)CCNI. The zero-order valence-corrected chi connectivity index (χ0v) is 9.14. The van der Waals surface area contributed by atoms with Crippen LogP contribution >= 0.6 is 45.7 Å². The molecule has 0 aromatic heterocycles. The summed E-state index contributed by atoms with van der Waals surface area (Å²) in [6, 6.07) is 0. The van der Waals surface area contributed by atoms with Crippen molar-refractivity contribution in [2.24, 2.45) is 0 Å². The zero-order chi connectivity index (χ0) is 6.41. The summed E-state index contributed by atoms with van der Waals surface area (Å²) in [6.45, 7) is 5.47. The first kappa shape index (κ1) is 9.38. The third-order valence-corrected chi connectivity index (χ3v) is 2.50. The van der Waals surface area contributed by atoms with E-state index in [4.69, 9.17) is 0 Å². The van der Waals surface area contributed by atoms with Gasteiger partial charge in [0.25, 0.3) is 0 Å². The predicted octanol–water partition coefficient (Wildman–Crippen LogP) is 1.60. The fourth-order valence-corrected chi connectivity index (χ4v) is 0.804. The molecule has 0 saturated heterocycles. The fourth-order valence-electron chi connectivity index (χ4n) is 0.322. The molecule has 0 atom stereocenters. The molecule has 4 heteroatoms. The molecule has 0 spiro atoms. The second-order valence-corrected chi connectivity index (χ2v) is 3.51. The molecule has 0 aliphatic carbocycles. The third kappa shape index (κ3) is 5.52. The normalized spacial score (nSPS) is 10.5. The van der Waals surface area contributed by atoms with Crippen LogP contribution in [0.1, 0.15) is 6.92 Å². The van der Waals surface area contributed by atoms with Gasteiger partial charge in [-0.1, -0.05) is 6.92 Å². The molecule has 0 rings (SSSR count). The summed E-state index contributed by atoms with van der Waals surface area (Å²) < 4.78 is 5.30. The van der Waals surface area contributed by atoms with E-state index in [2.05, 4.69) is 59.3 Å². The van der Waals surface area contributed by atoms with Crippen molar-refractivity contribution in [2.45, 2.75) is 6.92 Å². The molecule has 0 radical (unpaired) electrons. The zero-order valence-electron chi connectivity index (χ0n) is 4.82. The molecule has 0 aromatic carbocycles. The van der Waals surface area contributed by atoms with Crippen molar-refractivity contribution in [2.75, 3.05) is 19.6 Å². The molecule has 1 N–H and O–H groups in total. The maximum absolute atomic E-state index is 3.06. The highest BCUT2D eigenvalue weighted by atomic mass is 127. The van der Waals surface area contributed by atoms with Gasteiger partial charge in [-0.2, -0.15) is 0 Å². The maximum atomic E-state index is 3.06. The number of likely N-dealkylation sites (N-methyl/N-ethyl adjacent to an activating group) is 1. The Morgan fingerprint density at radius 1 is 1.62 bits per heavy atom. The highest BCUT2D eigenvalue weighted by Crippen LogP contribution is 1.94. The van der Waals surface area contributed by atoms with E-state index >= 15 is 0 Å². The van der Waals surface area contributed by atoms with Gasteiger partial charge in [-0.3, -0.25) is 3.53 Å². The number of nitrogens with one attached hydrogen (secondary N) is 1. The molecule has 0 unspecified atom stereocenters. The quantitative estimate of drug-likeness (QED) is 0.618. The minimum absolute atomic E-state index is 1.07. The molecule has 2 nitrogen and oxygen atoms in total. The van der Waals surface area contributed by atoms with Crippen LogP contribution in [0.2, 0.25) is 0 Å². The summed E-state index contributed by atoms with van der Waals surface area (Å²) in [5, 5.41) is 0. The van der Waals surface area contributed by atoms with Crippen LogP contribution in [-0.4, -0.2) is 22.7 Å². The summed E-state index contributed by atoms with van der Waals surface area (Å²) in [5.74, 6) is 0.